The standard InChI is InChI=1S/C48H28N2O/c49-29-30-25-34(33-21-22-44-42-13-4-3-11-40(42)41-12-5-6-14-43(41)45(44)28-33)27-35(26-30)37-24-23-36(38-9-1-2-10-39(37)38)31-17-19-32(20-18-31)48-50-46-15-7-8-16-47(46)51-48/h1-28H. The monoisotopic (exact) mass is 648 g/mol. The van der Waals surface area contributed by atoms with Gasteiger partial charge in [-0.25, -0.2) is 4.98 Å². The van der Waals surface area contributed by atoms with Gasteiger partial charge in [0.15, 0.2) is 5.58 Å². The number of nitriles is 1. The van der Waals surface area contributed by atoms with Gasteiger partial charge in [-0.2, -0.15) is 5.26 Å². The molecule has 0 unspecified atom stereocenters. The van der Waals surface area contributed by atoms with Crippen LogP contribution in [0.5, 0.6) is 0 Å². The van der Waals surface area contributed by atoms with Gasteiger partial charge in [0.05, 0.1) is 11.6 Å². The van der Waals surface area contributed by atoms with Crippen molar-refractivity contribution >= 4 is 54.2 Å². The highest BCUT2D eigenvalue weighted by molar-refractivity contribution is 6.25. The normalized spacial score (nSPS) is 11.5. The number of fused-ring (bicyclic) bond motifs is 8. The van der Waals surface area contributed by atoms with E-state index in [1.807, 2.05) is 36.4 Å². The van der Waals surface area contributed by atoms with Gasteiger partial charge in [0, 0.05) is 5.56 Å². The Morgan fingerprint density at radius 1 is 0.392 bits per heavy atom. The van der Waals surface area contributed by atoms with Gasteiger partial charge in [-0.1, -0.05) is 121 Å². The Balaban J connectivity index is 1.08. The Morgan fingerprint density at radius 2 is 0.902 bits per heavy atom. The Labute approximate surface area is 294 Å². The molecule has 0 saturated heterocycles. The van der Waals surface area contributed by atoms with Crippen LogP contribution in [0.4, 0.5) is 0 Å². The number of aromatic nitrogens is 1. The maximum absolute atomic E-state index is 10.2. The predicted molar refractivity (Wildman–Crippen MR) is 210 cm³/mol. The van der Waals surface area contributed by atoms with Crippen molar-refractivity contribution in [1.29, 1.82) is 5.26 Å². The third-order valence-electron chi connectivity index (χ3n) is 10.1. The molecular weight excluding hydrogens is 621 g/mol. The van der Waals surface area contributed by atoms with Crippen molar-refractivity contribution < 1.29 is 4.42 Å². The minimum atomic E-state index is 0.615. The summed E-state index contributed by atoms with van der Waals surface area (Å²) in [7, 11) is 0. The van der Waals surface area contributed by atoms with E-state index in [1.54, 1.807) is 0 Å². The number of benzene rings is 9. The molecule has 51 heavy (non-hydrogen) atoms. The van der Waals surface area contributed by atoms with E-state index >= 15 is 0 Å². The van der Waals surface area contributed by atoms with Crippen LogP contribution >= 0.6 is 0 Å². The van der Waals surface area contributed by atoms with Gasteiger partial charge < -0.3 is 4.42 Å². The van der Waals surface area contributed by atoms with Crippen LogP contribution < -0.4 is 0 Å². The first-order valence-electron chi connectivity index (χ1n) is 17.1. The highest BCUT2D eigenvalue weighted by atomic mass is 16.3. The summed E-state index contributed by atoms with van der Waals surface area (Å²) < 4.78 is 6.02. The molecule has 0 radical (unpaired) electrons. The number of hydrogen-bond acceptors (Lipinski definition) is 3. The summed E-state index contributed by atoms with van der Waals surface area (Å²) >= 11 is 0. The van der Waals surface area contributed by atoms with Crippen molar-refractivity contribution in [2.75, 3.05) is 0 Å². The average molecular weight is 649 g/mol. The van der Waals surface area contributed by atoms with Crippen molar-refractivity contribution in [3.05, 3.63) is 175 Å². The second-order valence-electron chi connectivity index (χ2n) is 13.0. The highest BCUT2D eigenvalue weighted by Gasteiger charge is 2.15. The molecule has 0 aliphatic carbocycles. The predicted octanol–water partition coefficient (Wildman–Crippen LogP) is 13.0. The molecule has 10 aromatic rings. The van der Waals surface area contributed by atoms with Crippen molar-refractivity contribution in [2.24, 2.45) is 0 Å². The van der Waals surface area contributed by atoms with Crippen LogP contribution in [0.15, 0.2) is 174 Å². The van der Waals surface area contributed by atoms with E-state index in [1.165, 1.54) is 32.3 Å². The van der Waals surface area contributed by atoms with Crippen LogP contribution in [-0.2, 0) is 0 Å². The zero-order valence-electron chi connectivity index (χ0n) is 27.5. The Morgan fingerprint density at radius 3 is 1.55 bits per heavy atom. The van der Waals surface area contributed by atoms with Crippen LogP contribution in [0.1, 0.15) is 5.56 Å². The molecular formula is C48H28N2O. The number of nitrogens with zero attached hydrogens (tertiary/aromatic N) is 2. The molecule has 0 amide bonds. The van der Waals surface area contributed by atoms with Crippen molar-refractivity contribution in [1.82, 2.24) is 4.98 Å². The largest absolute Gasteiger partial charge is 0.436 e. The van der Waals surface area contributed by atoms with Gasteiger partial charge in [-0.3, -0.25) is 0 Å². The zero-order valence-corrected chi connectivity index (χ0v) is 27.5. The zero-order chi connectivity index (χ0) is 33.9. The van der Waals surface area contributed by atoms with E-state index in [2.05, 4.69) is 145 Å². The Hall–Kier alpha value is -7.02. The first-order chi connectivity index (χ1) is 25.2. The maximum Gasteiger partial charge on any atom is 0.227 e. The lowest BCUT2D eigenvalue weighted by atomic mass is 9.89. The maximum atomic E-state index is 10.2. The summed E-state index contributed by atoms with van der Waals surface area (Å²) in [6.45, 7) is 0. The summed E-state index contributed by atoms with van der Waals surface area (Å²) in [4.78, 5) is 4.67. The van der Waals surface area contributed by atoms with E-state index in [-0.39, 0.29) is 0 Å². The minimum Gasteiger partial charge on any atom is -0.436 e. The molecule has 0 aliphatic rings. The third-order valence-corrected chi connectivity index (χ3v) is 10.1. The van der Waals surface area contributed by atoms with E-state index in [9.17, 15) is 5.26 Å². The smallest absolute Gasteiger partial charge is 0.227 e. The van der Waals surface area contributed by atoms with E-state index < -0.39 is 0 Å². The Kier molecular flexibility index (Phi) is 6.56. The lowest BCUT2D eigenvalue weighted by Gasteiger charge is -2.15. The van der Waals surface area contributed by atoms with Crippen LogP contribution in [-0.4, -0.2) is 4.98 Å². The lowest BCUT2D eigenvalue weighted by Crippen LogP contribution is -1.90. The summed E-state index contributed by atoms with van der Waals surface area (Å²) in [5.74, 6) is 0.615. The van der Waals surface area contributed by atoms with Crippen LogP contribution in [0.2, 0.25) is 0 Å². The van der Waals surface area contributed by atoms with Crippen LogP contribution in [0.3, 0.4) is 0 Å². The first-order valence-corrected chi connectivity index (χ1v) is 17.1. The molecule has 3 nitrogen and oxygen atoms in total. The number of para-hydroxylation sites is 2. The van der Waals surface area contributed by atoms with Gasteiger partial charge >= 0.3 is 0 Å². The molecule has 10 rings (SSSR count). The molecule has 1 aromatic heterocycles. The second-order valence-corrected chi connectivity index (χ2v) is 13.0. The summed E-state index contributed by atoms with van der Waals surface area (Å²) in [6.07, 6.45) is 0. The van der Waals surface area contributed by atoms with Crippen LogP contribution in [0, 0.1) is 11.3 Å². The topological polar surface area (TPSA) is 49.8 Å². The molecule has 9 aromatic carbocycles. The SMILES string of the molecule is N#Cc1cc(-c2ccc3c4ccccc4c4ccccc4c3c2)cc(-c2ccc(-c3ccc(-c4nc5ccccc5o4)cc3)c3ccccc23)c1. The van der Waals surface area contributed by atoms with Crippen LogP contribution in [0.25, 0.3) is 99.0 Å². The quantitative estimate of drug-likeness (QED) is 0.178. The third kappa shape index (κ3) is 4.77. The molecule has 0 N–H and O–H groups in total. The molecule has 236 valence electrons. The molecule has 0 atom stereocenters. The van der Waals surface area contributed by atoms with E-state index in [4.69, 9.17) is 4.42 Å². The lowest BCUT2D eigenvalue weighted by molar-refractivity contribution is 0.620. The molecule has 0 aliphatic heterocycles. The van der Waals surface area contributed by atoms with E-state index in [0.717, 1.165) is 60.8 Å². The van der Waals surface area contributed by atoms with Gasteiger partial charge in [0.1, 0.15) is 5.52 Å². The fourth-order valence-corrected chi connectivity index (χ4v) is 7.69. The molecule has 0 bridgehead atoms. The van der Waals surface area contributed by atoms with Gasteiger partial charge in [0.2, 0.25) is 5.89 Å². The van der Waals surface area contributed by atoms with Gasteiger partial charge in [-0.15, -0.1) is 0 Å². The number of oxazole rings is 1. The Bertz CT molecular complexity index is 2970. The molecule has 0 saturated carbocycles. The fourth-order valence-electron chi connectivity index (χ4n) is 7.69. The minimum absolute atomic E-state index is 0.615. The van der Waals surface area contributed by atoms with Crippen molar-refractivity contribution in [2.45, 2.75) is 0 Å². The summed E-state index contributed by atoms with van der Waals surface area (Å²) in [6, 6.07) is 61.8. The van der Waals surface area contributed by atoms with Crippen molar-refractivity contribution in [3.63, 3.8) is 0 Å². The van der Waals surface area contributed by atoms with Gasteiger partial charge in [-0.05, 0) is 125 Å². The van der Waals surface area contributed by atoms with E-state index in [0.29, 0.717) is 11.5 Å². The first kappa shape index (κ1) is 28.9. The summed E-state index contributed by atoms with van der Waals surface area (Å²) in [5.41, 5.74) is 9.67. The molecule has 0 spiro atoms. The van der Waals surface area contributed by atoms with Crippen molar-refractivity contribution in [3.8, 4) is 50.9 Å². The summed E-state index contributed by atoms with van der Waals surface area (Å²) in [5, 5.41) is 19.9. The van der Waals surface area contributed by atoms with Gasteiger partial charge in [0.25, 0.3) is 0 Å². The number of hydrogen-bond donors (Lipinski definition) is 0. The second kappa shape index (κ2) is 11.6. The molecule has 3 heteroatoms. The molecule has 0 fully saturated rings. The molecule has 1 heterocycles. The fraction of sp³-hybridized carbons (Fsp3) is 0. The number of rotatable bonds is 4. The average Bonchev–Trinajstić information content (AvgIpc) is 3.65. The highest BCUT2D eigenvalue weighted by Crippen LogP contribution is 2.40.